The van der Waals surface area contributed by atoms with Gasteiger partial charge in [-0.3, -0.25) is 19.5 Å². The van der Waals surface area contributed by atoms with Gasteiger partial charge in [0.05, 0.1) is 5.52 Å². The summed E-state index contributed by atoms with van der Waals surface area (Å²) in [4.78, 5) is 34.9. The molecule has 1 aromatic heterocycles. The molecule has 6 nitrogen and oxygen atoms in total. The van der Waals surface area contributed by atoms with Crippen LogP contribution in [0.5, 0.6) is 0 Å². The van der Waals surface area contributed by atoms with E-state index in [0.29, 0.717) is 5.56 Å². The summed E-state index contributed by atoms with van der Waals surface area (Å²) >= 11 is 0. The number of halogens is 1. The van der Waals surface area contributed by atoms with Gasteiger partial charge >= 0.3 is 5.76 Å². The van der Waals surface area contributed by atoms with Crippen molar-refractivity contribution in [1.29, 1.82) is 0 Å². The highest BCUT2D eigenvalue weighted by Crippen LogP contribution is 2.25. The van der Waals surface area contributed by atoms with Crippen molar-refractivity contribution in [1.82, 2.24) is 9.88 Å². The van der Waals surface area contributed by atoms with Gasteiger partial charge in [-0.15, -0.1) is 0 Å². The van der Waals surface area contributed by atoms with Crippen LogP contribution in [0, 0.1) is 12.7 Å². The monoisotopic (exact) mass is 278 g/mol. The Morgan fingerprint density at radius 3 is 2.80 bits per heavy atom. The van der Waals surface area contributed by atoms with Gasteiger partial charge < -0.3 is 4.42 Å². The molecule has 1 aromatic carbocycles. The Balaban J connectivity index is 2.19. The zero-order valence-electron chi connectivity index (χ0n) is 10.6. The lowest BCUT2D eigenvalue weighted by Gasteiger charge is -2.21. The molecule has 0 bridgehead atoms. The molecule has 20 heavy (non-hydrogen) atoms. The van der Waals surface area contributed by atoms with Crippen molar-refractivity contribution in [3.63, 3.8) is 0 Å². The van der Waals surface area contributed by atoms with E-state index in [1.54, 1.807) is 6.92 Å². The van der Waals surface area contributed by atoms with E-state index in [0.717, 1.165) is 4.57 Å². The molecule has 2 amide bonds. The molecule has 1 saturated heterocycles. The highest BCUT2D eigenvalue weighted by molar-refractivity contribution is 6.00. The largest absolute Gasteiger partial charge is 0.420 e. The first-order valence-corrected chi connectivity index (χ1v) is 6.13. The van der Waals surface area contributed by atoms with E-state index in [-0.39, 0.29) is 29.8 Å². The minimum Gasteiger partial charge on any atom is -0.405 e. The number of benzene rings is 1. The third-order valence-electron chi connectivity index (χ3n) is 3.44. The molecule has 3 rings (SSSR count). The van der Waals surface area contributed by atoms with E-state index in [2.05, 4.69) is 5.32 Å². The number of carbonyl (C=O) groups excluding carboxylic acids is 2. The van der Waals surface area contributed by atoms with Gasteiger partial charge in [0.1, 0.15) is 6.04 Å². The quantitative estimate of drug-likeness (QED) is 0.790. The molecule has 1 fully saturated rings. The van der Waals surface area contributed by atoms with Crippen molar-refractivity contribution in [3.05, 3.63) is 34.1 Å². The van der Waals surface area contributed by atoms with Crippen molar-refractivity contribution in [2.24, 2.45) is 0 Å². The standard InChI is InChI=1S/C13H11FN2O4/c1-6-2-3-7-11(10(6)14)20-13(19)16(7)8-4-5-9(17)15-12(8)18/h2-3,8H,4-5H2,1H3,(H,15,17,18). The van der Waals surface area contributed by atoms with Gasteiger partial charge in [-0.2, -0.15) is 0 Å². The van der Waals surface area contributed by atoms with Crippen LogP contribution < -0.4 is 11.1 Å². The van der Waals surface area contributed by atoms with Crippen LogP contribution in [0.3, 0.4) is 0 Å². The molecule has 1 aliphatic heterocycles. The molecule has 2 aromatic rings. The number of carbonyl (C=O) groups is 2. The molecular weight excluding hydrogens is 267 g/mol. The van der Waals surface area contributed by atoms with Crippen LogP contribution in [0.25, 0.3) is 11.1 Å². The van der Waals surface area contributed by atoms with Gasteiger partial charge in [0.2, 0.25) is 11.8 Å². The Kier molecular flexibility index (Phi) is 2.70. The molecule has 0 aliphatic carbocycles. The molecule has 1 N–H and O–H groups in total. The van der Waals surface area contributed by atoms with Crippen LogP contribution in [0.15, 0.2) is 21.3 Å². The number of rotatable bonds is 1. The lowest BCUT2D eigenvalue weighted by molar-refractivity contribution is -0.135. The lowest BCUT2D eigenvalue weighted by atomic mass is 10.1. The Hall–Kier alpha value is -2.44. The van der Waals surface area contributed by atoms with Gasteiger partial charge in [-0.05, 0) is 25.0 Å². The molecule has 0 radical (unpaired) electrons. The molecule has 104 valence electrons. The highest BCUT2D eigenvalue weighted by Gasteiger charge is 2.31. The molecule has 1 unspecified atom stereocenters. The zero-order valence-corrected chi connectivity index (χ0v) is 10.6. The lowest BCUT2D eigenvalue weighted by Crippen LogP contribution is -2.43. The number of piperidine rings is 1. The van der Waals surface area contributed by atoms with Gasteiger partial charge in [0, 0.05) is 6.42 Å². The van der Waals surface area contributed by atoms with Crippen molar-refractivity contribution in [2.45, 2.75) is 25.8 Å². The molecule has 2 heterocycles. The van der Waals surface area contributed by atoms with E-state index in [1.807, 2.05) is 0 Å². The Bertz CT molecular complexity index is 790. The molecule has 0 spiro atoms. The second-order valence-electron chi connectivity index (χ2n) is 4.75. The minimum absolute atomic E-state index is 0.129. The summed E-state index contributed by atoms with van der Waals surface area (Å²) in [5, 5.41) is 2.16. The summed E-state index contributed by atoms with van der Waals surface area (Å²) < 4.78 is 19.9. The summed E-state index contributed by atoms with van der Waals surface area (Å²) in [6.07, 6.45) is 0.318. The van der Waals surface area contributed by atoms with Crippen LogP contribution in [0.4, 0.5) is 4.39 Å². The average Bonchev–Trinajstić information content (AvgIpc) is 2.72. The number of hydrogen-bond donors (Lipinski definition) is 1. The number of aromatic nitrogens is 1. The summed E-state index contributed by atoms with van der Waals surface area (Å²) in [7, 11) is 0. The minimum atomic E-state index is -0.858. The number of oxazole rings is 1. The number of fused-ring (bicyclic) bond motifs is 1. The van der Waals surface area contributed by atoms with Gasteiger partial charge in [0.15, 0.2) is 11.4 Å². The van der Waals surface area contributed by atoms with Gasteiger partial charge in [-0.1, -0.05) is 6.07 Å². The Morgan fingerprint density at radius 1 is 1.35 bits per heavy atom. The predicted octanol–water partition coefficient (Wildman–Crippen LogP) is 1.02. The summed E-state index contributed by atoms with van der Waals surface area (Å²) in [6.45, 7) is 1.55. The van der Waals surface area contributed by atoms with E-state index in [1.165, 1.54) is 12.1 Å². The predicted molar refractivity (Wildman–Crippen MR) is 66.6 cm³/mol. The summed E-state index contributed by atoms with van der Waals surface area (Å²) in [6, 6.07) is 2.18. The topological polar surface area (TPSA) is 81.3 Å². The second kappa shape index (κ2) is 4.29. The van der Waals surface area contributed by atoms with E-state index in [4.69, 9.17) is 4.42 Å². The van der Waals surface area contributed by atoms with E-state index < -0.39 is 23.5 Å². The van der Waals surface area contributed by atoms with Gasteiger partial charge in [-0.25, -0.2) is 9.18 Å². The molecular formula is C13H11FN2O4. The number of imide groups is 1. The van der Waals surface area contributed by atoms with Crippen LogP contribution in [0.2, 0.25) is 0 Å². The maximum absolute atomic E-state index is 13.9. The van der Waals surface area contributed by atoms with Crippen LogP contribution in [-0.4, -0.2) is 16.4 Å². The normalized spacial score (nSPS) is 19.4. The molecule has 1 atom stereocenters. The van der Waals surface area contributed by atoms with Crippen LogP contribution >= 0.6 is 0 Å². The fourth-order valence-electron chi connectivity index (χ4n) is 2.39. The average molecular weight is 278 g/mol. The second-order valence-corrected chi connectivity index (χ2v) is 4.75. The number of amides is 2. The smallest absolute Gasteiger partial charge is 0.405 e. The van der Waals surface area contributed by atoms with Crippen LogP contribution in [0.1, 0.15) is 24.4 Å². The van der Waals surface area contributed by atoms with Crippen molar-refractivity contribution >= 4 is 22.9 Å². The number of nitrogens with one attached hydrogen (secondary N) is 1. The molecule has 0 saturated carbocycles. The number of hydrogen-bond acceptors (Lipinski definition) is 4. The zero-order chi connectivity index (χ0) is 14.4. The van der Waals surface area contributed by atoms with E-state index in [9.17, 15) is 18.8 Å². The first-order chi connectivity index (χ1) is 9.49. The Labute approximate surface area is 112 Å². The third-order valence-corrected chi connectivity index (χ3v) is 3.44. The first-order valence-electron chi connectivity index (χ1n) is 6.13. The number of nitrogens with zero attached hydrogens (tertiary/aromatic N) is 1. The number of aryl methyl sites for hydroxylation is 1. The fraction of sp³-hybridized carbons (Fsp3) is 0.308. The summed E-state index contributed by atoms with van der Waals surface area (Å²) in [5.41, 5.74) is 0.397. The van der Waals surface area contributed by atoms with Crippen molar-refractivity contribution in [3.8, 4) is 0 Å². The highest BCUT2D eigenvalue weighted by atomic mass is 19.1. The van der Waals surface area contributed by atoms with Crippen molar-refractivity contribution < 1.29 is 18.4 Å². The Morgan fingerprint density at radius 2 is 2.10 bits per heavy atom. The van der Waals surface area contributed by atoms with E-state index >= 15 is 0 Å². The fourth-order valence-corrected chi connectivity index (χ4v) is 2.39. The summed E-state index contributed by atoms with van der Waals surface area (Å²) in [5.74, 6) is -2.38. The van der Waals surface area contributed by atoms with Crippen molar-refractivity contribution in [2.75, 3.05) is 0 Å². The van der Waals surface area contributed by atoms with Crippen LogP contribution in [-0.2, 0) is 9.59 Å². The maximum atomic E-state index is 13.9. The molecule has 1 aliphatic rings. The third kappa shape index (κ3) is 1.74. The maximum Gasteiger partial charge on any atom is 0.420 e. The molecule has 7 heteroatoms. The SMILES string of the molecule is Cc1ccc2c(oc(=O)n2C2CCC(=O)NC2=O)c1F. The first kappa shape index (κ1) is 12.6. The van der Waals surface area contributed by atoms with Gasteiger partial charge in [0.25, 0.3) is 0 Å².